The summed E-state index contributed by atoms with van der Waals surface area (Å²) in [5.74, 6) is 1.74. The standard InChI is InChI=1S/C14H16N4/c1-9-6-7-10(8-16-9)13-17-12-5-3-4-11(12)14(15-2)18-13/h6-8H,3-5H2,1-2H3,(H,15,17,18). The second-order valence-corrected chi connectivity index (χ2v) is 4.61. The van der Waals surface area contributed by atoms with Crippen molar-refractivity contribution in [3.63, 3.8) is 0 Å². The third-order valence-corrected chi connectivity index (χ3v) is 3.34. The zero-order valence-electron chi connectivity index (χ0n) is 10.7. The zero-order chi connectivity index (χ0) is 12.5. The summed E-state index contributed by atoms with van der Waals surface area (Å²) < 4.78 is 0. The average molecular weight is 240 g/mol. The molecule has 1 aliphatic carbocycles. The summed E-state index contributed by atoms with van der Waals surface area (Å²) in [5.41, 5.74) is 4.45. The van der Waals surface area contributed by atoms with Gasteiger partial charge in [0, 0.05) is 35.8 Å². The van der Waals surface area contributed by atoms with Gasteiger partial charge >= 0.3 is 0 Å². The predicted molar refractivity (Wildman–Crippen MR) is 71.6 cm³/mol. The van der Waals surface area contributed by atoms with Gasteiger partial charge in [-0.15, -0.1) is 0 Å². The highest BCUT2D eigenvalue weighted by atomic mass is 15.0. The van der Waals surface area contributed by atoms with Crippen molar-refractivity contribution in [3.8, 4) is 11.4 Å². The van der Waals surface area contributed by atoms with Crippen molar-refractivity contribution >= 4 is 5.82 Å². The third-order valence-electron chi connectivity index (χ3n) is 3.34. The Bertz CT molecular complexity index is 575. The lowest BCUT2D eigenvalue weighted by molar-refractivity contribution is 0.900. The van der Waals surface area contributed by atoms with Gasteiger partial charge in [-0.2, -0.15) is 0 Å². The summed E-state index contributed by atoms with van der Waals surface area (Å²) in [6, 6.07) is 4.02. The Morgan fingerprint density at radius 3 is 2.78 bits per heavy atom. The number of anilines is 1. The van der Waals surface area contributed by atoms with Crippen LogP contribution in [0.15, 0.2) is 18.3 Å². The molecule has 0 unspecified atom stereocenters. The van der Waals surface area contributed by atoms with E-state index in [1.165, 1.54) is 17.7 Å². The van der Waals surface area contributed by atoms with E-state index in [0.717, 1.165) is 35.7 Å². The van der Waals surface area contributed by atoms with Gasteiger partial charge < -0.3 is 5.32 Å². The van der Waals surface area contributed by atoms with Crippen molar-refractivity contribution in [2.45, 2.75) is 26.2 Å². The largest absolute Gasteiger partial charge is 0.373 e. The smallest absolute Gasteiger partial charge is 0.163 e. The number of aromatic nitrogens is 3. The van der Waals surface area contributed by atoms with Crippen LogP contribution in [0.4, 0.5) is 5.82 Å². The van der Waals surface area contributed by atoms with Crippen molar-refractivity contribution in [2.24, 2.45) is 0 Å². The van der Waals surface area contributed by atoms with E-state index < -0.39 is 0 Å². The molecule has 2 heterocycles. The summed E-state index contributed by atoms with van der Waals surface area (Å²) >= 11 is 0. The summed E-state index contributed by atoms with van der Waals surface area (Å²) in [6.07, 6.45) is 5.15. The molecule has 0 aromatic carbocycles. The first-order chi connectivity index (χ1) is 8.78. The molecule has 1 aliphatic rings. The first-order valence-electron chi connectivity index (χ1n) is 6.28. The SMILES string of the molecule is CNc1nc(-c2ccc(C)nc2)nc2c1CCC2. The Morgan fingerprint density at radius 2 is 2.06 bits per heavy atom. The van der Waals surface area contributed by atoms with Crippen molar-refractivity contribution in [1.82, 2.24) is 15.0 Å². The molecule has 2 aromatic rings. The van der Waals surface area contributed by atoms with Crippen molar-refractivity contribution in [2.75, 3.05) is 12.4 Å². The van der Waals surface area contributed by atoms with Crippen LogP contribution in [0.5, 0.6) is 0 Å². The van der Waals surface area contributed by atoms with E-state index in [-0.39, 0.29) is 0 Å². The first-order valence-corrected chi connectivity index (χ1v) is 6.28. The van der Waals surface area contributed by atoms with Crippen molar-refractivity contribution in [1.29, 1.82) is 0 Å². The van der Waals surface area contributed by atoms with Gasteiger partial charge in [0.2, 0.25) is 0 Å². The Kier molecular flexibility index (Phi) is 2.70. The molecule has 18 heavy (non-hydrogen) atoms. The number of aryl methyl sites for hydroxylation is 2. The number of nitrogens with zero attached hydrogens (tertiary/aromatic N) is 3. The molecule has 1 N–H and O–H groups in total. The number of rotatable bonds is 2. The van der Waals surface area contributed by atoms with Crippen molar-refractivity contribution in [3.05, 3.63) is 35.3 Å². The van der Waals surface area contributed by atoms with Gasteiger partial charge in [-0.3, -0.25) is 4.98 Å². The van der Waals surface area contributed by atoms with E-state index >= 15 is 0 Å². The molecule has 2 aromatic heterocycles. The fourth-order valence-corrected chi connectivity index (χ4v) is 2.37. The quantitative estimate of drug-likeness (QED) is 0.875. The van der Waals surface area contributed by atoms with Gasteiger partial charge in [-0.1, -0.05) is 0 Å². The van der Waals surface area contributed by atoms with Gasteiger partial charge in [0.15, 0.2) is 5.82 Å². The molecule has 92 valence electrons. The monoisotopic (exact) mass is 240 g/mol. The summed E-state index contributed by atoms with van der Waals surface area (Å²) in [5, 5.41) is 3.18. The number of hydrogen-bond acceptors (Lipinski definition) is 4. The summed E-state index contributed by atoms with van der Waals surface area (Å²) in [4.78, 5) is 13.6. The zero-order valence-corrected chi connectivity index (χ0v) is 10.7. The Morgan fingerprint density at radius 1 is 1.17 bits per heavy atom. The second kappa shape index (κ2) is 4.37. The van der Waals surface area contributed by atoms with Gasteiger partial charge in [-0.25, -0.2) is 9.97 Å². The highest BCUT2D eigenvalue weighted by Gasteiger charge is 2.19. The van der Waals surface area contributed by atoms with Crippen LogP contribution in [0.2, 0.25) is 0 Å². The molecule has 0 atom stereocenters. The van der Waals surface area contributed by atoms with Crippen molar-refractivity contribution < 1.29 is 0 Å². The summed E-state index contributed by atoms with van der Waals surface area (Å²) in [7, 11) is 1.91. The molecule has 0 saturated heterocycles. The minimum Gasteiger partial charge on any atom is -0.373 e. The van der Waals surface area contributed by atoms with Crippen LogP contribution in [0.1, 0.15) is 23.4 Å². The van der Waals surface area contributed by atoms with Crippen LogP contribution in [0.25, 0.3) is 11.4 Å². The summed E-state index contributed by atoms with van der Waals surface area (Å²) in [6.45, 7) is 1.98. The maximum atomic E-state index is 4.67. The Labute approximate surface area is 107 Å². The predicted octanol–water partition coefficient (Wildman–Crippen LogP) is 2.38. The minimum absolute atomic E-state index is 0.771. The fraction of sp³-hybridized carbons (Fsp3) is 0.357. The Balaban J connectivity index is 2.10. The van der Waals surface area contributed by atoms with Gasteiger partial charge in [0.05, 0.1) is 0 Å². The third kappa shape index (κ3) is 1.83. The molecular weight excluding hydrogens is 224 g/mol. The molecule has 0 fully saturated rings. The minimum atomic E-state index is 0.771. The lowest BCUT2D eigenvalue weighted by Crippen LogP contribution is -2.03. The van der Waals surface area contributed by atoms with Crippen LogP contribution in [0.3, 0.4) is 0 Å². The van der Waals surface area contributed by atoms with E-state index in [1.54, 1.807) is 0 Å². The molecule has 3 rings (SSSR count). The maximum absolute atomic E-state index is 4.67. The van der Waals surface area contributed by atoms with E-state index in [9.17, 15) is 0 Å². The van der Waals surface area contributed by atoms with E-state index in [4.69, 9.17) is 0 Å². The number of pyridine rings is 1. The van der Waals surface area contributed by atoms with E-state index in [2.05, 4.69) is 20.3 Å². The molecule has 0 bridgehead atoms. The van der Waals surface area contributed by atoms with Gasteiger partial charge in [-0.05, 0) is 38.3 Å². The van der Waals surface area contributed by atoms with Crippen LogP contribution in [0, 0.1) is 6.92 Å². The van der Waals surface area contributed by atoms with Crippen LogP contribution in [-0.2, 0) is 12.8 Å². The highest BCUT2D eigenvalue weighted by molar-refractivity contribution is 5.59. The van der Waals surface area contributed by atoms with Gasteiger partial charge in [0.25, 0.3) is 0 Å². The van der Waals surface area contributed by atoms with E-state index in [0.29, 0.717) is 0 Å². The fourth-order valence-electron chi connectivity index (χ4n) is 2.37. The highest BCUT2D eigenvalue weighted by Crippen LogP contribution is 2.28. The van der Waals surface area contributed by atoms with Crippen LogP contribution in [-0.4, -0.2) is 22.0 Å². The molecule has 0 saturated carbocycles. The molecule has 0 spiro atoms. The molecule has 4 nitrogen and oxygen atoms in total. The van der Waals surface area contributed by atoms with Crippen LogP contribution < -0.4 is 5.32 Å². The number of hydrogen-bond donors (Lipinski definition) is 1. The topological polar surface area (TPSA) is 50.7 Å². The lowest BCUT2D eigenvalue weighted by Gasteiger charge is -2.09. The molecule has 0 radical (unpaired) electrons. The number of nitrogens with one attached hydrogen (secondary N) is 1. The lowest BCUT2D eigenvalue weighted by atomic mass is 10.2. The molecular formula is C14H16N4. The van der Waals surface area contributed by atoms with Gasteiger partial charge in [0.1, 0.15) is 5.82 Å². The number of fused-ring (bicyclic) bond motifs is 1. The Hall–Kier alpha value is -1.97. The molecule has 4 heteroatoms. The second-order valence-electron chi connectivity index (χ2n) is 4.61. The molecule has 0 amide bonds. The maximum Gasteiger partial charge on any atom is 0.163 e. The van der Waals surface area contributed by atoms with Crippen LogP contribution >= 0.6 is 0 Å². The normalized spacial score (nSPS) is 13.4. The van der Waals surface area contributed by atoms with E-state index in [1.807, 2.05) is 32.3 Å². The first kappa shape index (κ1) is 11.1. The molecule has 0 aliphatic heterocycles. The average Bonchev–Trinajstić information content (AvgIpc) is 2.86.